The van der Waals surface area contributed by atoms with Crippen molar-refractivity contribution in [3.63, 3.8) is 0 Å². The Balaban J connectivity index is 2.11. The Kier molecular flexibility index (Phi) is 7.48. The standard InChI is InChI=1S/C17H18BrN3O5S/c1-26-10-9-19-27(24,25)13-7-8-15(18)14(11-13)17(23)21-20-16(22)12-5-3-2-4-6-12/h2-8,11,19H,9-10H2,1H3,(H,20,22)(H,21,23). The zero-order chi connectivity index (χ0) is 19.9. The van der Waals surface area contributed by atoms with E-state index in [-0.39, 0.29) is 23.6 Å². The number of rotatable bonds is 7. The SMILES string of the molecule is COCCNS(=O)(=O)c1ccc(Br)c(C(=O)NNC(=O)c2ccccc2)c1. The zero-order valence-corrected chi connectivity index (χ0v) is 16.8. The molecule has 0 aromatic heterocycles. The van der Waals surface area contributed by atoms with Gasteiger partial charge in [0, 0.05) is 23.7 Å². The van der Waals surface area contributed by atoms with Crippen molar-refractivity contribution in [2.45, 2.75) is 4.90 Å². The number of carbonyl (C=O) groups excluding carboxylic acids is 2. The van der Waals surface area contributed by atoms with Gasteiger partial charge in [0.25, 0.3) is 11.8 Å². The fraction of sp³-hybridized carbons (Fsp3) is 0.176. The van der Waals surface area contributed by atoms with Gasteiger partial charge < -0.3 is 4.74 Å². The number of sulfonamides is 1. The Morgan fingerprint density at radius 1 is 1.04 bits per heavy atom. The van der Waals surface area contributed by atoms with Gasteiger partial charge in [0.05, 0.1) is 17.1 Å². The second kappa shape index (κ2) is 9.60. The molecule has 2 aromatic rings. The number of nitrogens with one attached hydrogen (secondary N) is 3. The third kappa shape index (κ3) is 5.86. The van der Waals surface area contributed by atoms with E-state index in [1.165, 1.54) is 25.3 Å². The molecule has 2 rings (SSSR count). The number of amides is 2. The molecule has 0 fully saturated rings. The fourth-order valence-corrected chi connectivity index (χ4v) is 3.52. The van der Waals surface area contributed by atoms with Gasteiger partial charge in [0.15, 0.2) is 0 Å². The first-order valence-corrected chi connectivity index (χ1v) is 10.1. The molecule has 0 aliphatic carbocycles. The quantitative estimate of drug-likeness (QED) is 0.431. The van der Waals surface area contributed by atoms with E-state index in [0.717, 1.165) is 0 Å². The van der Waals surface area contributed by atoms with Gasteiger partial charge in [0.2, 0.25) is 10.0 Å². The average Bonchev–Trinajstić information content (AvgIpc) is 2.66. The van der Waals surface area contributed by atoms with Crippen LogP contribution in [0, 0.1) is 0 Å². The number of hydrazine groups is 1. The van der Waals surface area contributed by atoms with Crippen molar-refractivity contribution in [1.82, 2.24) is 15.6 Å². The number of halogens is 1. The lowest BCUT2D eigenvalue weighted by Gasteiger charge is -2.11. The highest BCUT2D eigenvalue weighted by Crippen LogP contribution is 2.21. The van der Waals surface area contributed by atoms with Gasteiger partial charge in [-0.2, -0.15) is 0 Å². The van der Waals surface area contributed by atoms with Crippen LogP contribution in [0.5, 0.6) is 0 Å². The van der Waals surface area contributed by atoms with E-state index in [2.05, 4.69) is 31.5 Å². The number of hydrogen-bond acceptors (Lipinski definition) is 5. The fourth-order valence-electron chi connectivity index (χ4n) is 2.05. The molecule has 2 amide bonds. The van der Waals surface area contributed by atoms with Crippen LogP contribution < -0.4 is 15.6 Å². The van der Waals surface area contributed by atoms with Gasteiger partial charge in [-0.3, -0.25) is 20.4 Å². The Hall–Kier alpha value is -2.27. The molecule has 0 bridgehead atoms. The van der Waals surface area contributed by atoms with Gasteiger partial charge in [-0.1, -0.05) is 18.2 Å². The lowest BCUT2D eigenvalue weighted by atomic mass is 10.2. The molecule has 0 atom stereocenters. The highest BCUT2D eigenvalue weighted by Gasteiger charge is 2.18. The van der Waals surface area contributed by atoms with Crippen LogP contribution in [-0.4, -0.2) is 40.5 Å². The maximum Gasteiger partial charge on any atom is 0.270 e. The molecule has 3 N–H and O–H groups in total. The van der Waals surface area contributed by atoms with Crippen molar-refractivity contribution in [2.75, 3.05) is 20.3 Å². The summed E-state index contributed by atoms with van der Waals surface area (Å²) in [6, 6.07) is 12.3. The van der Waals surface area contributed by atoms with E-state index in [1.807, 2.05) is 0 Å². The van der Waals surface area contributed by atoms with E-state index in [0.29, 0.717) is 10.0 Å². The maximum absolute atomic E-state index is 12.3. The van der Waals surface area contributed by atoms with Crippen molar-refractivity contribution < 1.29 is 22.7 Å². The Morgan fingerprint density at radius 2 is 1.70 bits per heavy atom. The van der Waals surface area contributed by atoms with Crippen LogP contribution in [0.15, 0.2) is 57.9 Å². The Morgan fingerprint density at radius 3 is 2.37 bits per heavy atom. The molecule has 0 radical (unpaired) electrons. The maximum atomic E-state index is 12.3. The second-order valence-corrected chi connectivity index (χ2v) is 7.93. The highest BCUT2D eigenvalue weighted by atomic mass is 79.9. The summed E-state index contributed by atoms with van der Waals surface area (Å²) in [5, 5.41) is 0. The van der Waals surface area contributed by atoms with Gasteiger partial charge in [-0.25, -0.2) is 13.1 Å². The lowest BCUT2D eigenvalue weighted by molar-refractivity contribution is 0.0846. The minimum Gasteiger partial charge on any atom is -0.383 e. The third-order valence-corrected chi connectivity index (χ3v) is 5.57. The molecule has 0 heterocycles. The molecule has 0 unspecified atom stereocenters. The molecule has 0 aliphatic heterocycles. The van der Waals surface area contributed by atoms with Crippen LogP contribution in [-0.2, 0) is 14.8 Å². The molecular formula is C17H18BrN3O5S. The first-order chi connectivity index (χ1) is 12.8. The molecule has 10 heteroatoms. The highest BCUT2D eigenvalue weighted by molar-refractivity contribution is 9.10. The summed E-state index contributed by atoms with van der Waals surface area (Å²) in [5.74, 6) is -1.16. The summed E-state index contributed by atoms with van der Waals surface area (Å²) >= 11 is 3.20. The zero-order valence-electron chi connectivity index (χ0n) is 14.4. The van der Waals surface area contributed by atoms with Gasteiger partial charge in [0.1, 0.15) is 0 Å². The van der Waals surface area contributed by atoms with E-state index >= 15 is 0 Å². The van der Waals surface area contributed by atoms with Gasteiger partial charge in [-0.15, -0.1) is 0 Å². The monoisotopic (exact) mass is 455 g/mol. The van der Waals surface area contributed by atoms with E-state index in [1.54, 1.807) is 30.3 Å². The average molecular weight is 456 g/mol. The molecule has 27 heavy (non-hydrogen) atoms. The van der Waals surface area contributed by atoms with Crippen LogP contribution in [0.25, 0.3) is 0 Å². The number of methoxy groups -OCH3 is 1. The largest absolute Gasteiger partial charge is 0.383 e. The van der Waals surface area contributed by atoms with Crippen molar-refractivity contribution in [3.8, 4) is 0 Å². The minimum absolute atomic E-state index is 0.0537. The number of ether oxygens (including phenoxy) is 1. The molecule has 2 aromatic carbocycles. The van der Waals surface area contributed by atoms with Crippen LogP contribution >= 0.6 is 15.9 Å². The Labute approximate surface area is 165 Å². The predicted octanol–water partition coefficient (Wildman–Crippen LogP) is 1.45. The summed E-state index contributed by atoms with van der Waals surface area (Å²) in [5.41, 5.74) is 4.97. The minimum atomic E-state index is -3.80. The van der Waals surface area contributed by atoms with Gasteiger partial charge in [-0.05, 0) is 46.3 Å². The number of benzene rings is 2. The molecule has 0 saturated heterocycles. The summed E-state index contributed by atoms with van der Waals surface area (Å²) in [7, 11) is -2.34. The third-order valence-electron chi connectivity index (χ3n) is 3.42. The topological polar surface area (TPSA) is 114 Å². The summed E-state index contributed by atoms with van der Waals surface area (Å²) in [6.45, 7) is 0.318. The molecule has 8 nitrogen and oxygen atoms in total. The van der Waals surface area contributed by atoms with Crippen LogP contribution in [0.3, 0.4) is 0 Å². The van der Waals surface area contributed by atoms with Crippen molar-refractivity contribution >= 4 is 37.8 Å². The van der Waals surface area contributed by atoms with Crippen LogP contribution in [0.1, 0.15) is 20.7 Å². The van der Waals surface area contributed by atoms with Crippen LogP contribution in [0.4, 0.5) is 0 Å². The van der Waals surface area contributed by atoms with Crippen LogP contribution in [0.2, 0.25) is 0 Å². The summed E-state index contributed by atoms with van der Waals surface area (Å²) < 4.78 is 32.1. The normalized spacial score (nSPS) is 11.0. The van der Waals surface area contributed by atoms with E-state index < -0.39 is 21.8 Å². The van der Waals surface area contributed by atoms with E-state index in [9.17, 15) is 18.0 Å². The summed E-state index contributed by atoms with van der Waals surface area (Å²) in [6.07, 6.45) is 0. The summed E-state index contributed by atoms with van der Waals surface area (Å²) in [4.78, 5) is 24.3. The molecule has 0 aliphatic rings. The molecule has 0 spiro atoms. The molecular weight excluding hydrogens is 438 g/mol. The second-order valence-electron chi connectivity index (χ2n) is 5.31. The number of hydrogen-bond donors (Lipinski definition) is 3. The first-order valence-electron chi connectivity index (χ1n) is 7.79. The molecule has 144 valence electrons. The van der Waals surface area contributed by atoms with Crippen molar-refractivity contribution in [2.24, 2.45) is 0 Å². The van der Waals surface area contributed by atoms with E-state index in [4.69, 9.17) is 4.74 Å². The van der Waals surface area contributed by atoms with Crippen molar-refractivity contribution in [3.05, 3.63) is 64.1 Å². The molecule has 0 saturated carbocycles. The first kappa shape index (κ1) is 21.0. The smallest absolute Gasteiger partial charge is 0.270 e. The van der Waals surface area contributed by atoms with Crippen molar-refractivity contribution in [1.29, 1.82) is 0 Å². The number of carbonyl (C=O) groups is 2. The lowest BCUT2D eigenvalue weighted by Crippen LogP contribution is -2.41. The van der Waals surface area contributed by atoms with Gasteiger partial charge >= 0.3 is 0 Å². The Bertz CT molecular complexity index is 919. The predicted molar refractivity (Wildman–Crippen MR) is 103 cm³/mol.